The van der Waals surface area contributed by atoms with Crippen molar-refractivity contribution < 1.29 is 0 Å². The average Bonchev–Trinajstić information content (AvgIpc) is 2.04. The summed E-state index contributed by atoms with van der Waals surface area (Å²) in [5.41, 5.74) is 7.16. The lowest BCUT2D eigenvalue weighted by molar-refractivity contribution is 1.12. The minimum Gasteiger partial charge on any atom is -0.404 e. The lowest BCUT2D eigenvalue weighted by Crippen LogP contribution is -2.17. The third kappa shape index (κ3) is 1.44. The van der Waals surface area contributed by atoms with Gasteiger partial charge in [-0.25, -0.2) is 0 Å². The first-order valence-electron chi connectivity index (χ1n) is 3.25. The molecule has 1 rings (SSSR count). The first kappa shape index (κ1) is 9.06. The van der Waals surface area contributed by atoms with E-state index >= 15 is 0 Å². The quantitative estimate of drug-likeness (QED) is 0.736. The molecule has 0 amide bonds. The van der Waals surface area contributed by atoms with Gasteiger partial charge in [-0.1, -0.05) is 11.6 Å². The first-order chi connectivity index (χ1) is 5.22. The fourth-order valence-electron chi connectivity index (χ4n) is 0.847. The van der Waals surface area contributed by atoms with E-state index in [-0.39, 0.29) is 0 Å². The van der Waals surface area contributed by atoms with Crippen LogP contribution in [0.25, 0.3) is 0 Å². The molecule has 2 N–H and O–H groups in total. The molecule has 0 saturated heterocycles. The van der Waals surface area contributed by atoms with E-state index in [0.717, 1.165) is 26.4 Å². The van der Waals surface area contributed by atoms with Gasteiger partial charge in [-0.05, 0) is 29.5 Å². The summed E-state index contributed by atoms with van der Waals surface area (Å²) in [7, 11) is 0. The Morgan fingerprint density at radius 3 is 2.82 bits per heavy atom. The third-order valence-electron chi connectivity index (χ3n) is 1.38. The average molecular weight is 283 g/mol. The maximum atomic E-state index is 5.84. The van der Waals surface area contributed by atoms with E-state index in [2.05, 4.69) is 27.6 Å². The highest BCUT2D eigenvalue weighted by atomic mass is 127. The lowest BCUT2D eigenvalue weighted by Gasteiger charge is -2.20. The summed E-state index contributed by atoms with van der Waals surface area (Å²) < 4.78 is 1.02. The second-order valence-corrected chi connectivity index (χ2v) is 3.49. The molecule has 1 aliphatic rings. The molecule has 0 bridgehead atoms. The predicted molar refractivity (Wildman–Crippen MR) is 57.1 cm³/mol. The second kappa shape index (κ2) is 3.58. The van der Waals surface area contributed by atoms with Crippen molar-refractivity contribution >= 4 is 39.9 Å². The van der Waals surface area contributed by atoms with Crippen LogP contribution < -0.4 is 5.73 Å². The Bertz CT molecular complexity index is 266. The van der Waals surface area contributed by atoms with Crippen LogP contribution >= 0.6 is 34.2 Å². The highest BCUT2D eigenvalue weighted by Crippen LogP contribution is 2.38. The second-order valence-electron chi connectivity index (χ2n) is 2.03. The Kier molecular flexibility index (Phi) is 2.95. The van der Waals surface area contributed by atoms with Crippen LogP contribution in [0.4, 0.5) is 0 Å². The fourth-order valence-corrected chi connectivity index (χ4v) is 1.84. The molecule has 0 spiro atoms. The number of rotatable bonds is 1. The van der Waals surface area contributed by atoms with Crippen molar-refractivity contribution in [2.45, 2.75) is 6.92 Å². The van der Waals surface area contributed by atoms with Crippen molar-refractivity contribution in [1.29, 1.82) is 0 Å². The summed E-state index contributed by atoms with van der Waals surface area (Å²) in [5, 5.41) is 0.736. The summed E-state index contributed by atoms with van der Waals surface area (Å²) in [4.78, 5) is 4.23. The van der Waals surface area contributed by atoms with Gasteiger partial charge in [0.2, 0.25) is 0 Å². The molecule has 0 fully saturated rings. The van der Waals surface area contributed by atoms with Crippen LogP contribution in [0.1, 0.15) is 6.92 Å². The Labute approximate surface area is 84.3 Å². The van der Waals surface area contributed by atoms with E-state index in [4.69, 9.17) is 17.3 Å². The van der Waals surface area contributed by atoms with Gasteiger partial charge in [0.1, 0.15) is 0 Å². The summed E-state index contributed by atoms with van der Waals surface area (Å²) in [6, 6.07) is 0. The molecule has 0 saturated carbocycles. The normalized spacial score (nSPS) is 24.6. The molecule has 2 nitrogen and oxygen atoms in total. The molecule has 0 unspecified atom stereocenters. The lowest BCUT2D eigenvalue weighted by atomic mass is 10.0. The number of hydrogen-bond acceptors (Lipinski definition) is 2. The molecule has 1 aliphatic carbocycles. The van der Waals surface area contributed by atoms with E-state index in [1.807, 2.05) is 6.92 Å². The zero-order valence-corrected chi connectivity index (χ0v) is 8.98. The molecule has 0 aliphatic heterocycles. The molecule has 0 aromatic heterocycles. The van der Waals surface area contributed by atoms with Gasteiger partial charge in [-0.3, -0.25) is 4.99 Å². The van der Waals surface area contributed by atoms with Crippen molar-refractivity contribution in [3.05, 3.63) is 20.4 Å². The SMILES string of the molecule is CCN=C1C(I)=C(Cl)/C1=C\N. The van der Waals surface area contributed by atoms with Gasteiger partial charge in [-0.15, -0.1) is 0 Å². The summed E-state index contributed by atoms with van der Waals surface area (Å²) >= 11 is 8.00. The van der Waals surface area contributed by atoms with E-state index in [0.29, 0.717) is 0 Å². The fraction of sp³-hybridized carbons (Fsp3) is 0.286. The molecule has 0 aromatic rings. The van der Waals surface area contributed by atoms with Crippen LogP contribution in [0.2, 0.25) is 0 Å². The maximum Gasteiger partial charge on any atom is 0.0825 e. The van der Waals surface area contributed by atoms with Gasteiger partial charge in [0.15, 0.2) is 0 Å². The van der Waals surface area contributed by atoms with Crippen LogP contribution in [-0.4, -0.2) is 12.3 Å². The number of allylic oxidation sites excluding steroid dienone is 3. The minimum absolute atomic E-state index is 0.736. The Hall–Kier alpha value is -0.0300. The third-order valence-corrected chi connectivity index (χ3v) is 3.14. The standard InChI is InChI=1S/C7H8ClIN2/c1-2-11-7-4(3-10)5(8)6(7)9/h3H,2,10H2,1H3/b4-3+,11-7?. The molecular weight excluding hydrogens is 274 g/mol. The number of nitrogens with two attached hydrogens (primary N) is 1. The number of hydrogen-bond donors (Lipinski definition) is 1. The number of nitrogens with zero attached hydrogens (tertiary/aromatic N) is 1. The van der Waals surface area contributed by atoms with E-state index < -0.39 is 0 Å². The molecule has 0 aromatic carbocycles. The Morgan fingerprint density at radius 1 is 1.73 bits per heavy atom. The van der Waals surface area contributed by atoms with Gasteiger partial charge >= 0.3 is 0 Å². The largest absolute Gasteiger partial charge is 0.404 e. The van der Waals surface area contributed by atoms with Gasteiger partial charge in [-0.2, -0.15) is 0 Å². The smallest absolute Gasteiger partial charge is 0.0825 e. The van der Waals surface area contributed by atoms with Crippen LogP contribution in [0.3, 0.4) is 0 Å². The predicted octanol–water partition coefficient (Wildman–Crippen LogP) is 2.19. The molecule has 4 heteroatoms. The van der Waals surface area contributed by atoms with Crippen molar-refractivity contribution in [3.8, 4) is 0 Å². The maximum absolute atomic E-state index is 5.84. The first-order valence-corrected chi connectivity index (χ1v) is 4.70. The zero-order chi connectivity index (χ0) is 8.43. The van der Waals surface area contributed by atoms with Crippen molar-refractivity contribution in [1.82, 2.24) is 0 Å². The van der Waals surface area contributed by atoms with Crippen LogP contribution in [0.15, 0.2) is 25.4 Å². The van der Waals surface area contributed by atoms with Crippen LogP contribution in [-0.2, 0) is 0 Å². The monoisotopic (exact) mass is 282 g/mol. The topological polar surface area (TPSA) is 38.4 Å². The molecule has 60 valence electrons. The minimum atomic E-state index is 0.736. The highest BCUT2D eigenvalue weighted by Gasteiger charge is 2.27. The van der Waals surface area contributed by atoms with E-state index in [1.165, 1.54) is 6.20 Å². The summed E-state index contributed by atoms with van der Waals surface area (Å²) in [6.07, 6.45) is 1.50. The van der Waals surface area contributed by atoms with Gasteiger partial charge in [0.05, 0.1) is 14.3 Å². The molecule has 11 heavy (non-hydrogen) atoms. The Morgan fingerprint density at radius 2 is 2.36 bits per heavy atom. The highest BCUT2D eigenvalue weighted by molar-refractivity contribution is 14.1. The Balaban J connectivity index is 2.99. The van der Waals surface area contributed by atoms with E-state index in [9.17, 15) is 0 Å². The van der Waals surface area contributed by atoms with Gasteiger partial charge in [0.25, 0.3) is 0 Å². The van der Waals surface area contributed by atoms with Crippen LogP contribution in [0.5, 0.6) is 0 Å². The molecular formula is C7H8ClIN2. The number of aliphatic imine (C=N–C) groups is 1. The number of halogens is 2. The van der Waals surface area contributed by atoms with Gasteiger partial charge < -0.3 is 5.73 Å². The van der Waals surface area contributed by atoms with E-state index in [1.54, 1.807) is 0 Å². The van der Waals surface area contributed by atoms with Crippen molar-refractivity contribution in [3.63, 3.8) is 0 Å². The van der Waals surface area contributed by atoms with Crippen LogP contribution in [0, 0.1) is 0 Å². The zero-order valence-electron chi connectivity index (χ0n) is 6.06. The molecule has 0 heterocycles. The molecule has 0 atom stereocenters. The van der Waals surface area contributed by atoms with Gasteiger partial charge in [0, 0.05) is 18.3 Å². The summed E-state index contributed by atoms with van der Waals surface area (Å²) in [6.45, 7) is 2.75. The summed E-state index contributed by atoms with van der Waals surface area (Å²) in [5.74, 6) is 0. The van der Waals surface area contributed by atoms with Crippen molar-refractivity contribution in [2.75, 3.05) is 6.54 Å². The van der Waals surface area contributed by atoms with Crippen molar-refractivity contribution in [2.24, 2.45) is 10.7 Å². The molecule has 0 radical (unpaired) electrons.